The first-order valence-electron chi connectivity index (χ1n) is 9.19. The zero-order valence-electron chi connectivity index (χ0n) is 16.1. The van der Waals surface area contributed by atoms with Gasteiger partial charge in [0.05, 0.1) is 17.8 Å². The Hall–Kier alpha value is -1.00. The predicted molar refractivity (Wildman–Crippen MR) is 97.7 cm³/mol. The summed E-state index contributed by atoms with van der Waals surface area (Å²) in [5.74, 6) is 1.03. The normalized spacial score (nSPS) is 28.7. The molecule has 0 aliphatic carbocycles. The van der Waals surface area contributed by atoms with Gasteiger partial charge in [-0.25, -0.2) is 0 Å². The summed E-state index contributed by atoms with van der Waals surface area (Å²) in [6.45, 7) is 6.91. The van der Waals surface area contributed by atoms with Gasteiger partial charge in [0.25, 0.3) is 10.2 Å². The van der Waals surface area contributed by atoms with Crippen LogP contribution in [0.3, 0.4) is 0 Å². The Kier molecular flexibility index (Phi) is 5.47. The fraction of sp³-hybridized carbons (Fsp3) is 0.824. The van der Waals surface area contributed by atoms with Gasteiger partial charge in [0.2, 0.25) is 0 Å². The number of aromatic nitrogens is 1. The molecule has 26 heavy (non-hydrogen) atoms. The van der Waals surface area contributed by atoms with Crippen LogP contribution < -0.4 is 0 Å². The number of rotatable bonds is 5. The lowest BCUT2D eigenvalue weighted by Gasteiger charge is -2.49. The van der Waals surface area contributed by atoms with Crippen LogP contribution in [0.4, 0.5) is 0 Å². The Labute approximate surface area is 155 Å². The molecule has 1 aromatic rings. The summed E-state index contributed by atoms with van der Waals surface area (Å²) in [6, 6.07) is 1.98. The second-order valence-electron chi connectivity index (χ2n) is 8.06. The lowest BCUT2D eigenvalue weighted by Crippen LogP contribution is -2.61. The first-order chi connectivity index (χ1) is 12.1. The van der Waals surface area contributed by atoms with E-state index in [1.54, 1.807) is 14.1 Å². The van der Waals surface area contributed by atoms with Crippen molar-refractivity contribution in [1.29, 1.82) is 0 Å². The molecule has 8 nitrogen and oxygen atoms in total. The summed E-state index contributed by atoms with van der Waals surface area (Å²) in [7, 11) is -0.369. The van der Waals surface area contributed by atoms with Gasteiger partial charge in [0.1, 0.15) is 0 Å². The summed E-state index contributed by atoms with van der Waals surface area (Å²) in [4.78, 5) is 2.22. The van der Waals surface area contributed by atoms with Crippen LogP contribution in [-0.4, -0.2) is 78.1 Å². The molecule has 3 heterocycles. The van der Waals surface area contributed by atoms with E-state index in [1.165, 1.54) is 8.61 Å². The molecule has 0 bridgehead atoms. The first kappa shape index (κ1) is 19.8. The molecular formula is C17H30N4O4S. The highest BCUT2D eigenvalue weighted by Gasteiger charge is 2.47. The minimum Gasteiger partial charge on any atom is -0.389 e. The van der Waals surface area contributed by atoms with Crippen molar-refractivity contribution in [3.63, 3.8) is 0 Å². The third-order valence-corrected chi connectivity index (χ3v) is 7.56. The molecule has 0 spiro atoms. The number of likely N-dealkylation sites (tertiary alicyclic amines) is 1. The minimum atomic E-state index is -3.45. The van der Waals surface area contributed by atoms with Gasteiger partial charge < -0.3 is 9.63 Å². The van der Waals surface area contributed by atoms with Crippen LogP contribution in [-0.2, 0) is 16.8 Å². The Bertz CT molecular complexity index is 733. The van der Waals surface area contributed by atoms with Gasteiger partial charge in [0.15, 0.2) is 5.76 Å². The molecule has 2 aliphatic rings. The first-order valence-corrected chi connectivity index (χ1v) is 10.6. The molecule has 3 rings (SSSR count). The number of aliphatic hydroxyl groups is 1. The monoisotopic (exact) mass is 386 g/mol. The zero-order chi connectivity index (χ0) is 19.1. The minimum absolute atomic E-state index is 0.104. The van der Waals surface area contributed by atoms with Crippen LogP contribution in [0.1, 0.15) is 44.1 Å². The van der Waals surface area contributed by atoms with Crippen molar-refractivity contribution in [3.05, 3.63) is 17.5 Å². The molecule has 0 unspecified atom stereocenters. The standard InChI is InChI=1S/C17H30N4O4S/c1-13(2)16-9-15(25-18-16)12-20-7-5-17(22)6-8-21(11-14(17)10-20)26(23,24)19(3)4/h9,13-14,22H,5-8,10-12H2,1-4H3/t14-,17-/m0/s1. The molecule has 1 N–H and O–H groups in total. The maximum absolute atomic E-state index is 12.4. The molecule has 9 heteroatoms. The van der Waals surface area contributed by atoms with E-state index in [4.69, 9.17) is 4.52 Å². The smallest absolute Gasteiger partial charge is 0.281 e. The summed E-state index contributed by atoms with van der Waals surface area (Å²) in [6.07, 6.45) is 1.14. The molecule has 2 fully saturated rings. The summed E-state index contributed by atoms with van der Waals surface area (Å²) in [5, 5.41) is 15.1. The lowest BCUT2D eigenvalue weighted by atomic mass is 9.76. The van der Waals surface area contributed by atoms with E-state index < -0.39 is 15.8 Å². The number of nitrogens with zero attached hydrogens (tertiary/aromatic N) is 4. The van der Waals surface area contributed by atoms with Crippen molar-refractivity contribution in [1.82, 2.24) is 18.7 Å². The molecule has 1 aromatic heterocycles. The van der Waals surface area contributed by atoms with Gasteiger partial charge in [-0.3, -0.25) is 4.90 Å². The Morgan fingerprint density at radius 2 is 2.04 bits per heavy atom. The second kappa shape index (κ2) is 7.20. The Balaban J connectivity index is 1.68. The van der Waals surface area contributed by atoms with Crippen LogP contribution >= 0.6 is 0 Å². The van der Waals surface area contributed by atoms with Crippen LogP contribution in [0.5, 0.6) is 0 Å². The number of piperidine rings is 2. The largest absolute Gasteiger partial charge is 0.389 e. The van der Waals surface area contributed by atoms with Crippen molar-refractivity contribution in [2.75, 3.05) is 40.3 Å². The molecule has 0 aromatic carbocycles. The number of hydrogen-bond donors (Lipinski definition) is 1. The molecule has 148 valence electrons. The highest BCUT2D eigenvalue weighted by atomic mass is 32.2. The van der Waals surface area contributed by atoms with Crippen molar-refractivity contribution < 1.29 is 18.0 Å². The number of hydrogen-bond acceptors (Lipinski definition) is 6. The molecular weight excluding hydrogens is 356 g/mol. The van der Waals surface area contributed by atoms with Crippen molar-refractivity contribution in [2.45, 2.75) is 44.8 Å². The quantitative estimate of drug-likeness (QED) is 0.807. The average molecular weight is 387 g/mol. The summed E-state index contributed by atoms with van der Waals surface area (Å²) in [5.41, 5.74) is 0.161. The van der Waals surface area contributed by atoms with Gasteiger partial charge in [-0.1, -0.05) is 19.0 Å². The zero-order valence-corrected chi connectivity index (χ0v) is 16.9. The van der Waals surface area contributed by atoms with E-state index in [1.807, 2.05) is 6.07 Å². The second-order valence-corrected chi connectivity index (χ2v) is 10.2. The van der Waals surface area contributed by atoms with E-state index in [-0.39, 0.29) is 5.92 Å². The third-order valence-electron chi connectivity index (χ3n) is 5.65. The van der Waals surface area contributed by atoms with Crippen LogP contribution in [0.25, 0.3) is 0 Å². The van der Waals surface area contributed by atoms with Crippen LogP contribution in [0.15, 0.2) is 10.6 Å². The Morgan fingerprint density at radius 1 is 1.35 bits per heavy atom. The summed E-state index contributed by atoms with van der Waals surface area (Å²) >= 11 is 0. The molecule has 0 amide bonds. The lowest BCUT2D eigenvalue weighted by molar-refractivity contribution is -0.104. The fourth-order valence-corrected chi connectivity index (χ4v) is 4.97. The Morgan fingerprint density at radius 3 is 2.65 bits per heavy atom. The average Bonchev–Trinajstić information content (AvgIpc) is 3.03. The van der Waals surface area contributed by atoms with E-state index in [0.717, 1.165) is 18.0 Å². The number of fused-ring (bicyclic) bond motifs is 1. The third kappa shape index (κ3) is 3.82. The molecule has 2 atom stereocenters. The highest BCUT2D eigenvalue weighted by Crippen LogP contribution is 2.37. The predicted octanol–water partition coefficient (Wildman–Crippen LogP) is 0.863. The van der Waals surface area contributed by atoms with E-state index in [0.29, 0.717) is 44.9 Å². The molecule has 0 saturated carbocycles. The maximum atomic E-state index is 12.4. The van der Waals surface area contributed by atoms with E-state index >= 15 is 0 Å². The van der Waals surface area contributed by atoms with Crippen molar-refractivity contribution in [2.24, 2.45) is 5.92 Å². The molecule has 2 saturated heterocycles. The SMILES string of the molecule is CC(C)c1cc(CN2CC[C@]3(O)CCN(S(=O)(=O)N(C)C)C[C@@H]3C2)on1. The van der Waals surface area contributed by atoms with E-state index in [2.05, 4.69) is 23.9 Å². The molecule has 2 aliphatic heterocycles. The van der Waals surface area contributed by atoms with Gasteiger partial charge in [-0.05, 0) is 18.8 Å². The highest BCUT2D eigenvalue weighted by molar-refractivity contribution is 7.86. The topological polar surface area (TPSA) is 90.1 Å². The molecule has 0 radical (unpaired) electrons. The van der Waals surface area contributed by atoms with Gasteiger partial charge in [-0.15, -0.1) is 0 Å². The van der Waals surface area contributed by atoms with Crippen molar-refractivity contribution in [3.8, 4) is 0 Å². The van der Waals surface area contributed by atoms with Gasteiger partial charge in [-0.2, -0.15) is 17.0 Å². The summed E-state index contributed by atoms with van der Waals surface area (Å²) < 4.78 is 33.0. The fourth-order valence-electron chi connectivity index (χ4n) is 3.82. The van der Waals surface area contributed by atoms with Gasteiger partial charge in [0, 0.05) is 52.3 Å². The van der Waals surface area contributed by atoms with Crippen molar-refractivity contribution >= 4 is 10.2 Å². The van der Waals surface area contributed by atoms with Crippen LogP contribution in [0.2, 0.25) is 0 Å². The maximum Gasteiger partial charge on any atom is 0.281 e. The van der Waals surface area contributed by atoms with Gasteiger partial charge >= 0.3 is 0 Å². The van der Waals surface area contributed by atoms with E-state index in [9.17, 15) is 13.5 Å². The van der Waals surface area contributed by atoms with Crippen LogP contribution in [0, 0.1) is 5.92 Å².